The summed E-state index contributed by atoms with van der Waals surface area (Å²) in [6.07, 6.45) is 4.89. The van der Waals surface area contributed by atoms with Gasteiger partial charge in [-0.3, -0.25) is 15.0 Å². The summed E-state index contributed by atoms with van der Waals surface area (Å²) in [6, 6.07) is 17.4. The summed E-state index contributed by atoms with van der Waals surface area (Å²) in [7, 11) is 0. The number of nitrogens with one attached hydrogen (secondary N) is 1. The molecule has 2 aromatic heterocycles. The molecule has 0 radical (unpaired) electrons. The van der Waals surface area contributed by atoms with Crippen molar-refractivity contribution in [2.75, 3.05) is 31.6 Å². The average molecular weight is 526 g/mol. The Morgan fingerprint density at radius 1 is 1.18 bits per heavy atom. The fourth-order valence-corrected chi connectivity index (χ4v) is 6.13. The quantitative estimate of drug-likeness (QED) is 0.408. The van der Waals surface area contributed by atoms with Crippen LogP contribution in [0.2, 0.25) is 0 Å². The maximum absolute atomic E-state index is 13.1. The van der Waals surface area contributed by atoms with Crippen LogP contribution in [0.5, 0.6) is 0 Å². The summed E-state index contributed by atoms with van der Waals surface area (Å²) < 4.78 is 7.24. The number of nitriles is 1. The second-order valence-electron chi connectivity index (χ2n) is 9.58. The molecule has 2 aliphatic rings. The molecular weight excluding hydrogens is 498 g/mol. The van der Waals surface area contributed by atoms with Gasteiger partial charge >= 0.3 is 0 Å². The topological polar surface area (TPSA) is 109 Å². The summed E-state index contributed by atoms with van der Waals surface area (Å²) in [5.41, 5.74) is 4.87. The lowest BCUT2D eigenvalue weighted by Gasteiger charge is -2.36. The Morgan fingerprint density at radius 3 is 2.84 bits per heavy atom. The first-order chi connectivity index (χ1) is 18.6. The zero-order valence-corrected chi connectivity index (χ0v) is 21.7. The van der Waals surface area contributed by atoms with Gasteiger partial charge in [0.1, 0.15) is 5.69 Å². The number of morpholine rings is 1. The normalized spacial score (nSPS) is 17.5. The third kappa shape index (κ3) is 5.36. The highest BCUT2D eigenvalue weighted by atomic mass is 32.1. The molecule has 3 heterocycles. The van der Waals surface area contributed by atoms with Crippen LogP contribution in [0.1, 0.15) is 38.5 Å². The third-order valence-electron chi connectivity index (χ3n) is 7.08. The molecule has 1 saturated heterocycles. The monoisotopic (exact) mass is 525 g/mol. The maximum atomic E-state index is 13.1. The van der Waals surface area contributed by atoms with Gasteiger partial charge in [-0.2, -0.15) is 5.26 Å². The molecular formula is C28H27N7O2S. The van der Waals surface area contributed by atoms with E-state index in [1.807, 2.05) is 42.6 Å². The van der Waals surface area contributed by atoms with Crippen molar-refractivity contribution in [3.63, 3.8) is 0 Å². The Balaban J connectivity index is 1.10. The molecule has 1 unspecified atom stereocenters. The molecule has 1 N–H and O–H groups in total. The summed E-state index contributed by atoms with van der Waals surface area (Å²) >= 11 is 1.59. The van der Waals surface area contributed by atoms with Gasteiger partial charge < -0.3 is 4.74 Å². The fourth-order valence-electron chi connectivity index (χ4n) is 5.06. The predicted molar refractivity (Wildman–Crippen MR) is 144 cm³/mol. The van der Waals surface area contributed by atoms with Gasteiger partial charge in [-0.1, -0.05) is 29.5 Å². The van der Waals surface area contributed by atoms with Crippen LogP contribution in [0, 0.1) is 11.3 Å². The van der Waals surface area contributed by atoms with Crippen molar-refractivity contribution >= 4 is 22.4 Å². The molecule has 38 heavy (non-hydrogen) atoms. The number of rotatable bonds is 6. The van der Waals surface area contributed by atoms with E-state index in [2.05, 4.69) is 26.6 Å². The first-order valence-corrected chi connectivity index (χ1v) is 13.6. The maximum Gasteiger partial charge on any atom is 0.257 e. The van der Waals surface area contributed by atoms with Crippen molar-refractivity contribution in [2.45, 2.75) is 31.8 Å². The van der Waals surface area contributed by atoms with Crippen LogP contribution in [-0.2, 0) is 24.1 Å². The Morgan fingerprint density at radius 2 is 2.03 bits per heavy atom. The van der Waals surface area contributed by atoms with Crippen LogP contribution < -0.4 is 5.32 Å². The van der Waals surface area contributed by atoms with E-state index in [0.717, 1.165) is 68.1 Å². The molecule has 0 bridgehead atoms. The highest BCUT2D eigenvalue weighted by Crippen LogP contribution is 2.32. The van der Waals surface area contributed by atoms with E-state index in [-0.39, 0.29) is 5.91 Å². The minimum atomic E-state index is -0.167. The van der Waals surface area contributed by atoms with E-state index in [0.29, 0.717) is 28.8 Å². The van der Waals surface area contributed by atoms with E-state index in [1.165, 1.54) is 4.88 Å². The highest BCUT2D eigenvalue weighted by Gasteiger charge is 2.28. The number of thiazole rings is 1. The largest absolute Gasteiger partial charge is 0.379 e. The molecule has 6 rings (SSSR count). The van der Waals surface area contributed by atoms with Crippen molar-refractivity contribution in [1.29, 1.82) is 5.26 Å². The number of carbonyl (C=O) groups excluding carboxylic acids is 1. The molecule has 192 valence electrons. The zero-order chi connectivity index (χ0) is 25.9. The molecule has 0 spiro atoms. The minimum absolute atomic E-state index is 0.167. The third-order valence-corrected chi connectivity index (χ3v) is 8.11. The smallest absolute Gasteiger partial charge is 0.257 e. The van der Waals surface area contributed by atoms with Crippen molar-refractivity contribution < 1.29 is 9.53 Å². The van der Waals surface area contributed by atoms with Crippen LogP contribution in [0.15, 0.2) is 54.7 Å². The zero-order valence-electron chi connectivity index (χ0n) is 20.8. The molecule has 1 amide bonds. The summed E-state index contributed by atoms with van der Waals surface area (Å²) in [4.78, 5) is 21.6. The minimum Gasteiger partial charge on any atom is -0.379 e. The van der Waals surface area contributed by atoms with Crippen LogP contribution in [0.25, 0.3) is 11.3 Å². The molecule has 0 saturated carbocycles. The standard InChI is InChI=1S/C28H27N7O2S/c29-16-19-4-6-21(7-5-19)25-18-35(33-32-25)17-20-2-1-3-22(14-20)27(36)31-28-30-24-9-8-23(15-26(24)38-28)34-10-12-37-13-11-34/h1-7,14,18,23H,8-13,15,17H2,(H,30,31,36). The van der Waals surface area contributed by atoms with Crippen LogP contribution >= 0.6 is 11.3 Å². The molecule has 1 aliphatic carbocycles. The molecule has 1 fully saturated rings. The van der Waals surface area contributed by atoms with E-state index < -0.39 is 0 Å². The highest BCUT2D eigenvalue weighted by molar-refractivity contribution is 7.15. The van der Waals surface area contributed by atoms with Gasteiger partial charge in [0.25, 0.3) is 5.91 Å². The fraction of sp³-hybridized carbons (Fsp3) is 0.321. The number of amides is 1. The summed E-state index contributed by atoms with van der Waals surface area (Å²) in [5.74, 6) is -0.167. The number of anilines is 1. The van der Waals surface area contributed by atoms with Gasteiger partial charge in [-0.25, -0.2) is 9.67 Å². The van der Waals surface area contributed by atoms with Gasteiger partial charge in [-0.05, 0) is 49.1 Å². The number of hydrogen-bond acceptors (Lipinski definition) is 8. The Hall–Kier alpha value is -3.91. The first-order valence-electron chi connectivity index (χ1n) is 12.8. The molecule has 2 aromatic carbocycles. The number of aryl methyl sites for hydroxylation is 1. The van der Waals surface area contributed by atoms with E-state index >= 15 is 0 Å². The SMILES string of the molecule is N#Cc1ccc(-c2cn(Cc3cccc(C(=O)Nc4nc5c(s4)CC(N4CCOCC4)CC5)c3)nn2)cc1. The Bertz CT molecular complexity index is 1480. The van der Waals surface area contributed by atoms with Gasteiger partial charge in [0.15, 0.2) is 5.13 Å². The van der Waals surface area contributed by atoms with Crippen molar-refractivity contribution in [2.24, 2.45) is 0 Å². The number of carbonyl (C=O) groups is 1. The Kier molecular flexibility index (Phi) is 6.96. The average Bonchev–Trinajstić information content (AvgIpc) is 3.60. The lowest BCUT2D eigenvalue weighted by molar-refractivity contribution is 0.0139. The predicted octanol–water partition coefficient (Wildman–Crippen LogP) is 3.76. The molecule has 10 heteroatoms. The number of nitrogens with zero attached hydrogens (tertiary/aromatic N) is 6. The Labute approximate surface area is 224 Å². The van der Waals surface area contributed by atoms with Gasteiger partial charge in [0, 0.05) is 35.1 Å². The van der Waals surface area contributed by atoms with Crippen molar-refractivity contribution in [3.05, 3.63) is 82.0 Å². The second-order valence-corrected chi connectivity index (χ2v) is 10.7. The molecule has 1 aliphatic heterocycles. The molecule has 4 aromatic rings. The molecule has 9 nitrogen and oxygen atoms in total. The number of benzene rings is 2. The van der Waals surface area contributed by atoms with Gasteiger partial charge in [0.2, 0.25) is 0 Å². The lowest BCUT2D eigenvalue weighted by atomic mass is 9.96. The number of hydrogen-bond donors (Lipinski definition) is 1. The van der Waals surface area contributed by atoms with E-state index in [4.69, 9.17) is 15.0 Å². The molecule has 1 atom stereocenters. The van der Waals surface area contributed by atoms with Gasteiger partial charge in [-0.15, -0.1) is 16.4 Å². The number of aromatic nitrogens is 4. The summed E-state index contributed by atoms with van der Waals surface area (Å²) in [5, 5.41) is 21.1. The first kappa shape index (κ1) is 24.4. The van der Waals surface area contributed by atoms with Crippen molar-refractivity contribution in [1.82, 2.24) is 24.9 Å². The van der Waals surface area contributed by atoms with Crippen LogP contribution in [0.3, 0.4) is 0 Å². The van der Waals surface area contributed by atoms with E-state index in [1.54, 1.807) is 28.2 Å². The van der Waals surface area contributed by atoms with Crippen LogP contribution in [0.4, 0.5) is 5.13 Å². The second kappa shape index (κ2) is 10.8. The van der Waals surface area contributed by atoms with E-state index in [9.17, 15) is 4.79 Å². The number of fused-ring (bicyclic) bond motifs is 1. The van der Waals surface area contributed by atoms with Crippen LogP contribution in [-0.4, -0.2) is 63.1 Å². The van der Waals surface area contributed by atoms with Crippen molar-refractivity contribution in [3.8, 4) is 17.3 Å². The van der Waals surface area contributed by atoms with Gasteiger partial charge in [0.05, 0.1) is 43.3 Å². The lowest BCUT2D eigenvalue weighted by Crippen LogP contribution is -2.45. The summed E-state index contributed by atoms with van der Waals surface area (Å²) in [6.45, 7) is 4.08. The number of ether oxygens (including phenoxy) is 1.